The summed E-state index contributed by atoms with van der Waals surface area (Å²) in [5.74, 6) is 0.673. The monoisotopic (exact) mass is 282 g/mol. The number of nitrogens with one attached hydrogen (secondary N) is 1. The molecule has 1 fully saturated rings. The largest absolute Gasteiger partial charge is 0.356 e. The molecule has 0 atom stereocenters. The summed E-state index contributed by atoms with van der Waals surface area (Å²) in [5.41, 5.74) is 2.16. The highest BCUT2D eigenvalue weighted by molar-refractivity contribution is 6.01. The molecule has 0 saturated carbocycles. The van der Waals surface area contributed by atoms with Crippen LogP contribution in [0.25, 0.3) is 22.2 Å². The lowest BCUT2D eigenvalue weighted by molar-refractivity contribution is 0.631. The molecule has 5 heteroatoms. The van der Waals surface area contributed by atoms with Crippen LogP contribution in [0.4, 0.5) is 10.2 Å². The predicted octanol–water partition coefficient (Wildman–Crippen LogP) is 3.36. The molecule has 1 aliphatic rings. The number of hydrogen-bond donors (Lipinski definition) is 1. The molecule has 0 unspecified atom stereocenters. The van der Waals surface area contributed by atoms with Gasteiger partial charge in [0.25, 0.3) is 0 Å². The molecule has 4 nitrogen and oxygen atoms in total. The molecule has 4 rings (SSSR count). The van der Waals surface area contributed by atoms with Crippen LogP contribution < -0.4 is 4.90 Å². The van der Waals surface area contributed by atoms with Gasteiger partial charge in [0.15, 0.2) is 0 Å². The van der Waals surface area contributed by atoms with Gasteiger partial charge in [-0.05, 0) is 18.9 Å². The fraction of sp³-hybridized carbons (Fsp3) is 0.250. The Balaban J connectivity index is 1.96. The smallest absolute Gasteiger partial charge is 0.143 e. The van der Waals surface area contributed by atoms with Gasteiger partial charge in [0, 0.05) is 30.4 Å². The van der Waals surface area contributed by atoms with E-state index in [9.17, 15) is 4.39 Å². The number of nitrogens with zero attached hydrogens (tertiary/aromatic N) is 3. The van der Waals surface area contributed by atoms with Gasteiger partial charge >= 0.3 is 0 Å². The van der Waals surface area contributed by atoms with E-state index < -0.39 is 0 Å². The van der Waals surface area contributed by atoms with Crippen LogP contribution in [0.5, 0.6) is 0 Å². The minimum atomic E-state index is -0.227. The average Bonchev–Trinajstić information content (AvgIpc) is 3.17. The van der Waals surface area contributed by atoms with Crippen LogP contribution in [0.1, 0.15) is 12.8 Å². The summed E-state index contributed by atoms with van der Waals surface area (Å²) in [6.45, 7) is 1.99. The molecule has 1 saturated heterocycles. The number of benzene rings is 1. The standard InChI is InChI=1S/C16H15FN4/c17-13-6-2-1-5-11(13)12-9-18-15-14(12)16(20-10-19-15)21-7-3-4-8-21/h1-2,5-6,9-10H,3-4,7-8H2,(H,18,19,20). The lowest BCUT2D eigenvalue weighted by Gasteiger charge is -2.17. The maximum absolute atomic E-state index is 14.1. The highest BCUT2D eigenvalue weighted by Crippen LogP contribution is 2.35. The van der Waals surface area contributed by atoms with Crippen LogP contribution in [0, 0.1) is 5.82 Å². The van der Waals surface area contributed by atoms with Crippen molar-refractivity contribution in [1.29, 1.82) is 0 Å². The fourth-order valence-corrected chi connectivity index (χ4v) is 3.01. The number of hydrogen-bond acceptors (Lipinski definition) is 3. The van der Waals surface area contributed by atoms with E-state index in [2.05, 4.69) is 19.9 Å². The van der Waals surface area contributed by atoms with Crippen LogP contribution in [0.2, 0.25) is 0 Å². The van der Waals surface area contributed by atoms with Crippen LogP contribution in [0.3, 0.4) is 0 Å². The number of fused-ring (bicyclic) bond motifs is 1. The highest BCUT2D eigenvalue weighted by Gasteiger charge is 2.21. The van der Waals surface area contributed by atoms with Gasteiger partial charge in [-0.2, -0.15) is 0 Å². The van der Waals surface area contributed by atoms with E-state index in [1.165, 1.54) is 18.9 Å². The first-order valence-corrected chi connectivity index (χ1v) is 7.16. The van der Waals surface area contributed by atoms with E-state index in [1.807, 2.05) is 12.3 Å². The molecule has 0 aliphatic carbocycles. The molecule has 3 heterocycles. The van der Waals surface area contributed by atoms with Crippen molar-refractivity contribution in [2.45, 2.75) is 12.8 Å². The normalized spacial score (nSPS) is 15.0. The second kappa shape index (κ2) is 4.84. The first-order valence-electron chi connectivity index (χ1n) is 7.16. The van der Waals surface area contributed by atoms with Crippen molar-refractivity contribution < 1.29 is 4.39 Å². The molecule has 1 aliphatic heterocycles. The van der Waals surface area contributed by atoms with Gasteiger partial charge in [-0.3, -0.25) is 0 Å². The Bertz CT molecular complexity index is 790. The summed E-state index contributed by atoms with van der Waals surface area (Å²) in [5, 5.41) is 0.907. The Hall–Kier alpha value is -2.43. The van der Waals surface area contributed by atoms with E-state index >= 15 is 0 Å². The average molecular weight is 282 g/mol. The van der Waals surface area contributed by atoms with Crippen molar-refractivity contribution in [2.24, 2.45) is 0 Å². The lowest BCUT2D eigenvalue weighted by atomic mass is 10.1. The molecule has 0 radical (unpaired) electrons. The van der Waals surface area contributed by atoms with Gasteiger partial charge in [-0.25, -0.2) is 14.4 Å². The van der Waals surface area contributed by atoms with Gasteiger partial charge in [0.05, 0.1) is 5.39 Å². The SMILES string of the molecule is Fc1ccccc1-c1c[nH]c2ncnc(N3CCCC3)c12. The van der Waals surface area contributed by atoms with Crippen LogP contribution in [-0.4, -0.2) is 28.0 Å². The first-order chi connectivity index (χ1) is 10.3. The van der Waals surface area contributed by atoms with Crippen molar-refractivity contribution in [1.82, 2.24) is 15.0 Å². The summed E-state index contributed by atoms with van der Waals surface area (Å²) in [4.78, 5) is 14.1. The first kappa shape index (κ1) is 12.3. The maximum Gasteiger partial charge on any atom is 0.143 e. The number of aromatic nitrogens is 3. The quantitative estimate of drug-likeness (QED) is 0.784. The second-order valence-electron chi connectivity index (χ2n) is 5.30. The summed E-state index contributed by atoms with van der Waals surface area (Å²) in [6, 6.07) is 6.81. The molecule has 0 spiro atoms. The second-order valence-corrected chi connectivity index (χ2v) is 5.30. The third-order valence-electron chi connectivity index (χ3n) is 4.02. The van der Waals surface area contributed by atoms with Crippen LogP contribution in [-0.2, 0) is 0 Å². The summed E-state index contributed by atoms with van der Waals surface area (Å²) < 4.78 is 14.1. The minimum absolute atomic E-state index is 0.227. The topological polar surface area (TPSA) is 44.8 Å². The van der Waals surface area contributed by atoms with Crippen LogP contribution in [0.15, 0.2) is 36.8 Å². The van der Waals surface area contributed by atoms with Crippen LogP contribution >= 0.6 is 0 Å². The number of anilines is 1. The van der Waals surface area contributed by atoms with Crippen molar-refractivity contribution >= 4 is 16.9 Å². The molecule has 0 amide bonds. The zero-order valence-corrected chi connectivity index (χ0v) is 11.5. The highest BCUT2D eigenvalue weighted by atomic mass is 19.1. The van der Waals surface area contributed by atoms with E-state index in [0.29, 0.717) is 5.56 Å². The molecule has 21 heavy (non-hydrogen) atoms. The van der Waals surface area contributed by atoms with Gasteiger partial charge in [0.1, 0.15) is 23.6 Å². The molecule has 106 valence electrons. The third-order valence-corrected chi connectivity index (χ3v) is 4.02. The molecule has 1 N–H and O–H groups in total. The van der Waals surface area contributed by atoms with Gasteiger partial charge in [-0.15, -0.1) is 0 Å². The molecule has 0 bridgehead atoms. The fourth-order valence-electron chi connectivity index (χ4n) is 3.01. The molecule has 1 aromatic carbocycles. The Labute approximate surface area is 121 Å². The lowest BCUT2D eigenvalue weighted by Crippen LogP contribution is -2.19. The Morgan fingerprint density at radius 2 is 1.86 bits per heavy atom. The van der Waals surface area contributed by atoms with Crippen molar-refractivity contribution in [3.8, 4) is 11.1 Å². The van der Waals surface area contributed by atoms with E-state index in [0.717, 1.165) is 35.5 Å². The van der Waals surface area contributed by atoms with E-state index in [-0.39, 0.29) is 5.82 Å². The van der Waals surface area contributed by atoms with Crippen molar-refractivity contribution in [2.75, 3.05) is 18.0 Å². The Morgan fingerprint density at radius 1 is 1.05 bits per heavy atom. The molecular weight excluding hydrogens is 267 g/mol. The summed E-state index contributed by atoms with van der Waals surface area (Å²) >= 11 is 0. The molecule has 2 aromatic heterocycles. The van der Waals surface area contributed by atoms with Gasteiger partial charge < -0.3 is 9.88 Å². The Kier molecular flexibility index (Phi) is 2.84. The third kappa shape index (κ3) is 1.96. The predicted molar refractivity (Wildman–Crippen MR) is 80.7 cm³/mol. The maximum atomic E-state index is 14.1. The number of H-pyrrole nitrogens is 1. The number of aromatic amines is 1. The summed E-state index contributed by atoms with van der Waals surface area (Å²) in [7, 11) is 0. The van der Waals surface area contributed by atoms with Gasteiger partial charge in [0.2, 0.25) is 0 Å². The molecular formula is C16H15FN4. The number of halogens is 1. The molecule has 3 aromatic rings. The summed E-state index contributed by atoms with van der Waals surface area (Å²) in [6.07, 6.45) is 5.73. The minimum Gasteiger partial charge on any atom is -0.356 e. The number of rotatable bonds is 2. The zero-order chi connectivity index (χ0) is 14.2. The zero-order valence-electron chi connectivity index (χ0n) is 11.5. The Morgan fingerprint density at radius 3 is 2.67 bits per heavy atom. The van der Waals surface area contributed by atoms with E-state index in [4.69, 9.17) is 0 Å². The van der Waals surface area contributed by atoms with Crippen molar-refractivity contribution in [3.63, 3.8) is 0 Å². The van der Waals surface area contributed by atoms with E-state index in [1.54, 1.807) is 18.5 Å². The van der Waals surface area contributed by atoms with Crippen molar-refractivity contribution in [3.05, 3.63) is 42.6 Å². The van der Waals surface area contributed by atoms with Gasteiger partial charge in [-0.1, -0.05) is 18.2 Å².